The van der Waals surface area contributed by atoms with E-state index in [4.69, 9.17) is 5.11 Å². The predicted molar refractivity (Wildman–Crippen MR) is 93.3 cm³/mol. The van der Waals surface area contributed by atoms with Crippen LogP contribution in [-0.4, -0.2) is 31.7 Å². The Kier molecular flexibility index (Phi) is 5.10. The number of aliphatic hydroxyl groups excluding tert-OH is 1. The van der Waals surface area contributed by atoms with Crippen molar-refractivity contribution < 1.29 is 22.3 Å². The van der Waals surface area contributed by atoms with Crippen LogP contribution in [0.3, 0.4) is 0 Å². The number of nitrogens with one attached hydrogen (secondary N) is 2. The second-order valence-electron chi connectivity index (χ2n) is 6.47. The lowest BCUT2D eigenvalue weighted by atomic mass is 10.0. The first-order chi connectivity index (χ1) is 12.3. The molecule has 140 valence electrons. The number of hydrogen-bond acceptors (Lipinski definition) is 5. The molecule has 3 rings (SSSR count). The van der Waals surface area contributed by atoms with Crippen LogP contribution in [0, 0.1) is 17.0 Å². The van der Waals surface area contributed by atoms with Crippen LogP contribution < -0.4 is 10.0 Å². The molecule has 1 aromatic carbocycles. The molecule has 0 amide bonds. The monoisotopic (exact) mass is 383 g/mol. The Hall–Kier alpha value is -2.26. The van der Waals surface area contributed by atoms with Gasteiger partial charge >= 0.3 is 0 Å². The minimum atomic E-state index is -4.01. The molecule has 1 saturated carbocycles. The first kappa shape index (κ1) is 18.5. The summed E-state index contributed by atoms with van der Waals surface area (Å²) in [6, 6.07) is 5.32. The topological polar surface area (TPSA) is 91.3 Å². The number of aliphatic hydroxyl groups is 1. The van der Waals surface area contributed by atoms with Gasteiger partial charge in [-0.05, 0) is 48.9 Å². The lowest BCUT2D eigenvalue weighted by Gasteiger charge is -2.15. The molecule has 0 aliphatic heterocycles. The van der Waals surface area contributed by atoms with Gasteiger partial charge in [0.15, 0.2) is 0 Å². The Bertz CT molecular complexity index is 864. The molecule has 0 bridgehead atoms. The number of benzene rings is 1. The summed E-state index contributed by atoms with van der Waals surface area (Å²) in [4.78, 5) is 3.95. The van der Waals surface area contributed by atoms with Crippen LogP contribution in [0.5, 0.6) is 0 Å². The van der Waals surface area contributed by atoms with E-state index in [2.05, 4.69) is 15.0 Å². The lowest BCUT2D eigenvalue weighted by molar-refractivity contribution is 0.253. The highest BCUT2D eigenvalue weighted by Gasteiger charge is 2.41. The van der Waals surface area contributed by atoms with Crippen molar-refractivity contribution in [3.8, 4) is 0 Å². The molecule has 9 heteroatoms. The van der Waals surface area contributed by atoms with Crippen molar-refractivity contribution in [1.29, 1.82) is 0 Å². The quantitative estimate of drug-likeness (QED) is 0.652. The molecule has 1 fully saturated rings. The van der Waals surface area contributed by atoms with Crippen molar-refractivity contribution in [2.45, 2.75) is 24.2 Å². The van der Waals surface area contributed by atoms with E-state index >= 15 is 0 Å². The number of rotatable bonds is 8. The SMILES string of the molecule is O=S(=O)(Nc1cc(F)cc(F)c1)c1ccc(NCC2(CCO)CC2)nc1. The maximum Gasteiger partial charge on any atom is 0.263 e. The third-order valence-corrected chi connectivity index (χ3v) is 5.77. The van der Waals surface area contributed by atoms with E-state index in [1.54, 1.807) is 0 Å². The van der Waals surface area contributed by atoms with Crippen LogP contribution in [0.15, 0.2) is 41.4 Å². The number of hydrogen-bond donors (Lipinski definition) is 3. The van der Waals surface area contributed by atoms with Gasteiger partial charge in [-0.15, -0.1) is 0 Å². The fourth-order valence-corrected chi connectivity index (χ4v) is 3.66. The van der Waals surface area contributed by atoms with E-state index in [9.17, 15) is 17.2 Å². The van der Waals surface area contributed by atoms with Gasteiger partial charge in [-0.2, -0.15) is 0 Å². The van der Waals surface area contributed by atoms with E-state index in [1.807, 2.05) is 0 Å². The molecule has 3 N–H and O–H groups in total. The fourth-order valence-electron chi connectivity index (χ4n) is 2.68. The van der Waals surface area contributed by atoms with Gasteiger partial charge < -0.3 is 10.4 Å². The van der Waals surface area contributed by atoms with Gasteiger partial charge in [-0.1, -0.05) is 0 Å². The first-order valence-electron chi connectivity index (χ1n) is 8.12. The molecular weight excluding hydrogens is 364 g/mol. The third-order valence-electron chi connectivity index (χ3n) is 4.41. The van der Waals surface area contributed by atoms with Crippen molar-refractivity contribution in [3.63, 3.8) is 0 Å². The molecule has 1 heterocycles. The van der Waals surface area contributed by atoms with Crippen molar-refractivity contribution in [2.75, 3.05) is 23.2 Å². The highest BCUT2D eigenvalue weighted by Crippen LogP contribution is 2.48. The van der Waals surface area contributed by atoms with E-state index in [0.29, 0.717) is 18.4 Å². The van der Waals surface area contributed by atoms with Gasteiger partial charge in [0.1, 0.15) is 22.3 Å². The summed E-state index contributed by atoms with van der Waals surface area (Å²) in [5.74, 6) is -1.24. The predicted octanol–water partition coefficient (Wildman–Crippen LogP) is 2.74. The summed E-state index contributed by atoms with van der Waals surface area (Å²) in [7, 11) is -4.01. The maximum atomic E-state index is 13.2. The minimum Gasteiger partial charge on any atom is -0.396 e. The highest BCUT2D eigenvalue weighted by molar-refractivity contribution is 7.92. The zero-order valence-corrected chi connectivity index (χ0v) is 14.7. The Labute approximate surface area is 150 Å². The molecule has 1 aliphatic rings. The van der Waals surface area contributed by atoms with E-state index < -0.39 is 21.7 Å². The average molecular weight is 383 g/mol. The smallest absolute Gasteiger partial charge is 0.263 e. The molecule has 1 aromatic heterocycles. The number of halogens is 2. The number of sulfonamides is 1. The second kappa shape index (κ2) is 7.16. The Balaban J connectivity index is 1.67. The molecular formula is C17H19F2N3O3S. The van der Waals surface area contributed by atoms with Crippen LogP contribution in [0.1, 0.15) is 19.3 Å². The summed E-state index contributed by atoms with van der Waals surface area (Å²) in [6.45, 7) is 0.798. The van der Waals surface area contributed by atoms with Crippen molar-refractivity contribution in [2.24, 2.45) is 5.41 Å². The molecule has 0 saturated heterocycles. The average Bonchev–Trinajstić information content (AvgIpc) is 3.32. The van der Waals surface area contributed by atoms with Crippen molar-refractivity contribution in [3.05, 3.63) is 48.2 Å². The maximum absolute atomic E-state index is 13.2. The van der Waals surface area contributed by atoms with Gasteiger partial charge in [0, 0.05) is 25.4 Å². The van der Waals surface area contributed by atoms with Crippen LogP contribution in [0.25, 0.3) is 0 Å². The van der Waals surface area contributed by atoms with E-state index in [0.717, 1.165) is 31.4 Å². The molecule has 2 aromatic rings. The van der Waals surface area contributed by atoms with Gasteiger partial charge in [-0.3, -0.25) is 4.72 Å². The molecule has 26 heavy (non-hydrogen) atoms. The number of nitrogens with zero attached hydrogens (tertiary/aromatic N) is 1. The minimum absolute atomic E-state index is 0.101. The molecule has 0 radical (unpaired) electrons. The van der Waals surface area contributed by atoms with E-state index in [1.165, 1.54) is 18.3 Å². The number of aromatic nitrogens is 1. The van der Waals surface area contributed by atoms with Gasteiger partial charge in [0.25, 0.3) is 10.0 Å². The molecule has 0 unspecified atom stereocenters. The summed E-state index contributed by atoms with van der Waals surface area (Å²) < 4.78 is 53.1. The van der Waals surface area contributed by atoms with Crippen LogP contribution in [0.4, 0.5) is 20.3 Å². The van der Waals surface area contributed by atoms with Crippen molar-refractivity contribution in [1.82, 2.24) is 4.98 Å². The van der Waals surface area contributed by atoms with E-state index in [-0.39, 0.29) is 22.6 Å². The zero-order chi connectivity index (χ0) is 18.8. The molecule has 0 atom stereocenters. The van der Waals surface area contributed by atoms with Crippen LogP contribution in [0.2, 0.25) is 0 Å². The zero-order valence-electron chi connectivity index (χ0n) is 13.9. The summed E-state index contributed by atoms with van der Waals surface area (Å²) in [5.41, 5.74) is -0.103. The fraction of sp³-hybridized carbons (Fsp3) is 0.353. The second-order valence-corrected chi connectivity index (χ2v) is 8.15. The summed E-state index contributed by atoms with van der Waals surface area (Å²) in [5, 5.41) is 12.2. The van der Waals surface area contributed by atoms with Gasteiger partial charge in [0.05, 0.1) is 5.69 Å². The molecule has 1 aliphatic carbocycles. The standard InChI is InChI=1S/C17H19F2N3O3S/c18-12-7-13(19)9-14(8-12)22-26(24,25)15-1-2-16(20-10-15)21-11-17(3-4-17)5-6-23/h1-2,7-10,22-23H,3-6,11H2,(H,20,21). The molecule has 0 spiro atoms. The Morgan fingerprint density at radius 2 is 1.85 bits per heavy atom. The highest BCUT2D eigenvalue weighted by atomic mass is 32.2. The summed E-state index contributed by atoms with van der Waals surface area (Å²) >= 11 is 0. The normalized spacial score (nSPS) is 15.5. The Morgan fingerprint density at radius 3 is 2.38 bits per heavy atom. The number of anilines is 2. The largest absolute Gasteiger partial charge is 0.396 e. The summed E-state index contributed by atoms with van der Waals surface area (Å²) in [6.07, 6.45) is 3.98. The van der Waals surface area contributed by atoms with Crippen LogP contribution in [-0.2, 0) is 10.0 Å². The Morgan fingerprint density at radius 1 is 1.15 bits per heavy atom. The first-order valence-corrected chi connectivity index (χ1v) is 9.60. The van der Waals surface area contributed by atoms with Crippen LogP contribution >= 0.6 is 0 Å². The number of pyridine rings is 1. The lowest BCUT2D eigenvalue weighted by Crippen LogP contribution is -2.18. The molecule has 6 nitrogen and oxygen atoms in total. The van der Waals surface area contributed by atoms with Gasteiger partial charge in [0.2, 0.25) is 0 Å². The van der Waals surface area contributed by atoms with Crippen molar-refractivity contribution >= 4 is 21.5 Å². The third kappa shape index (κ3) is 4.47. The van der Waals surface area contributed by atoms with Gasteiger partial charge in [-0.25, -0.2) is 22.2 Å².